The number of benzene rings is 2. The van der Waals surface area contributed by atoms with Crippen LogP contribution in [0.1, 0.15) is 16.1 Å². The van der Waals surface area contributed by atoms with E-state index < -0.39 is 0 Å². The number of fused-ring (bicyclic) bond motifs is 2. The first-order valence-corrected chi connectivity index (χ1v) is 11.2. The Morgan fingerprint density at radius 3 is 1.87 bits per heavy atom. The molecule has 0 saturated heterocycles. The number of rotatable bonds is 5. The van der Waals surface area contributed by atoms with E-state index in [1.165, 1.54) is 22.7 Å². The van der Waals surface area contributed by atoms with Crippen LogP contribution in [-0.4, -0.2) is 39.6 Å². The third-order valence-electron chi connectivity index (χ3n) is 4.81. The Labute approximate surface area is 183 Å². The average Bonchev–Trinajstić information content (AvgIpc) is 3.55. The van der Waals surface area contributed by atoms with Crippen LogP contribution in [0.4, 0.5) is 0 Å². The van der Waals surface area contributed by atoms with E-state index in [9.17, 15) is 0 Å². The molecular weight excluding hydrogens is 430 g/mol. The van der Waals surface area contributed by atoms with E-state index in [1.807, 2.05) is 60.7 Å². The standard InChI is InChI=1S/C20H15N9S2/c21-14(18-27-29-17(23-25-20(29)31-18)13-9-5-2-6-10-13)11-15-26-28-16(22-24-19(28)30-15)12-7-3-1-4-8-12/h1-10,14H,11,21H2/t14-/m0/s1. The van der Waals surface area contributed by atoms with Crippen molar-refractivity contribution < 1.29 is 0 Å². The molecule has 0 radical (unpaired) electrons. The van der Waals surface area contributed by atoms with Gasteiger partial charge in [-0.2, -0.15) is 19.2 Å². The fourth-order valence-corrected chi connectivity index (χ4v) is 5.06. The van der Waals surface area contributed by atoms with Crippen molar-refractivity contribution in [2.24, 2.45) is 5.73 Å². The number of hydrogen-bond donors (Lipinski definition) is 1. The lowest BCUT2D eigenvalue weighted by Crippen LogP contribution is -2.13. The summed E-state index contributed by atoms with van der Waals surface area (Å²) >= 11 is 2.93. The molecule has 0 aliphatic rings. The zero-order chi connectivity index (χ0) is 20.8. The largest absolute Gasteiger partial charge is 0.322 e. The Bertz CT molecular complexity index is 1480. The molecule has 2 N–H and O–H groups in total. The van der Waals surface area contributed by atoms with Gasteiger partial charge in [-0.15, -0.1) is 20.4 Å². The molecule has 0 aliphatic carbocycles. The second kappa shape index (κ2) is 7.30. The normalized spacial score (nSPS) is 12.7. The van der Waals surface area contributed by atoms with Crippen LogP contribution in [-0.2, 0) is 6.42 Å². The van der Waals surface area contributed by atoms with Gasteiger partial charge in [0.2, 0.25) is 9.92 Å². The summed E-state index contributed by atoms with van der Waals surface area (Å²) in [6, 6.07) is 19.4. The van der Waals surface area contributed by atoms with Crippen molar-refractivity contribution in [2.75, 3.05) is 0 Å². The van der Waals surface area contributed by atoms with Crippen LogP contribution in [0, 0.1) is 0 Å². The molecule has 0 fully saturated rings. The molecule has 0 bridgehead atoms. The van der Waals surface area contributed by atoms with E-state index in [4.69, 9.17) is 10.8 Å². The van der Waals surface area contributed by atoms with Gasteiger partial charge in [-0.1, -0.05) is 83.3 Å². The van der Waals surface area contributed by atoms with Crippen molar-refractivity contribution in [3.63, 3.8) is 0 Å². The molecule has 4 aromatic heterocycles. The summed E-state index contributed by atoms with van der Waals surface area (Å²) in [6.45, 7) is 0. The first-order chi connectivity index (χ1) is 15.3. The maximum atomic E-state index is 6.49. The summed E-state index contributed by atoms with van der Waals surface area (Å²) in [4.78, 5) is 1.46. The topological polar surface area (TPSA) is 112 Å². The lowest BCUT2D eigenvalue weighted by Gasteiger charge is -2.04. The van der Waals surface area contributed by atoms with Crippen LogP contribution in [0.5, 0.6) is 0 Å². The first kappa shape index (κ1) is 18.2. The van der Waals surface area contributed by atoms with E-state index in [0.717, 1.165) is 31.9 Å². The van der Waals surface area contributed by atoms with Crippen LogP contribution in [0.2, 0.25) is 0 Å². The zero-order valence-corrected chi connectivity index (χ0v) is 17.7. The molecule has 152 valence electrons. The fraction of sp³-hybridized carbons (Fsp3) is 0.100. The zero-order valence-electron chi connectivity index (χ0n) is 16.0. The lowest BCUT2D eigenvalue weighted by atomic mass is 10.2. The van der Waals surface area contributed by atoms with Gasteiger partial charge in [0.1, 0.15) is 10.0 Å². The molecule has 4 heterocycles. The van der Waals surface area contributed by atoms with E-state index in [0.29, 0.717) is 17.2 Å². The van der Waals surface area contributed by atoms with Gasteiger partial charge in [0.15, 0.2) is 11.6 Å². The molecule has 2 aromatic carbocycles. The Morgan fingerprint density at radius 2 is 1.26 bits per heavy atom. The maximum Gasteiger partial charge on any atom is 0.235 e. The summed E-state index contributed by atoms with van der Waals surface area (Å²) in [7, 11) is 0. The highest BCUT2D eigenvalue weighted by atomic mass is 32.1. The van der Waals surface area contributed by atoms with Gasteiger partial charge in [-0.25, -0.2) is 0 Å². The molecule has 0 amide bonds. The van der Waals surface area contributed by atoms with Gasteiger partial charge < -0.3 is 5.73 Å². The predicted octanol–water partition coefficient (Wildman–Crippen LogP) is 3.26. The quantitative estimate of drug-likeness (QED) is 0.433. The number of nitrogens with zero attached hydrogens (tertiary/aromatic N) is 8. The predicted molar refractivity (Wildman–Crippen MR) is 119 cm³/mol. The van der Waals surface area contributed by atoms with Crippen LogP contribution in [0.3, 0.4) is 0 Å². The summed E-state index contributed by atoms with van der Waals surface area (Å²) < 4.78 is 3.52. The third-order valence-corrected chi connectivity index (χ3v) is 6.77. The van der Waals surface area contributed by atoms with Crippen molar-refractivity contribution >= 4 is 32.6 Å². The smallest absolute Gasteiger partial charge is 0.235 e. The van der Waals surface area contributed by atoms with E-state index in [-0.39, 0.29) is 6.04 Å². The van der Waals surface area contributed by atoms with E-state index in [2.05, 4.69) is 25.5 Å². The minimum atomic E-state index is -0.306. The third kappa shape index (κ3) is 3.19. The van der Waals surface area contributed by atoms with Crippen molar-refractivity contribution in [2.45, 2.75) is 12.5 Å². The minimum absolute atomic E-state index is 0.306. The van der Waals surface area contributed by atoms with Crippen molar-refractivity contribution in [3.8, 4) is 22.8 Å². The number of aromatic nitrogens is 8. The average molecular weight is 446 g/mol. The Hall–Kier alpha value is -3.54. The second-order valence-electron chi connectivity index (χ2n) is 6.91. The molecule has 0 saturated carbocycles. The highest BCUT2D eigenvalue weighted by Gasteiger charge is 2.20. The van der Waals surface area contributed by atoms with Crippen molar-refractivity contribution in [3.05, 3.63) is 70.7 Å². The summed E-state index contributed by atoms with van der Waals surface area (Å²) in [6.07, 6.45) is 0.549. The maximum absolute atomic E-state index is 6.49. The molecule has 1 atom stereocenters. The van der Waals surface area contributed by atoms with E-state index >= 15 is 0 Å². The lowest BCUT2D eigenvalue weighted by molar-refractivity contribution is 0.683. The molecule has 0 spiro atoms. The van der Waals surface area contributed by atoms with Gasteiger partial charge >= 0.3 is 0 Å². The molecule has 0 unspecified atom stereocenters. The second-order valence-corrected chi connectivity index (χ2v) is 8.94. The van der Waals surface area contributed by atoms with Gasteiger partial charge in [0.05, 0.1) is 6.04 Å². The van der Waals surface area contributed by atoms with Gasteiger partial charge in [-0.3, -0.25) is 0 Å². The summed E-state index contributed by atoms with van der Waals surface area (Å²) in [5.41, 5.74) is 8.42. The van der Waals surface area contributed by atoms with Crippen molar-refractivity contribution in [1.29, 1.82) is 0 Å². The minimum Gasteiger partial charge on any atom is -0.322 e. The van der Waals surface area contributed by atoms with Crippen molar-refractivity contribution in [1.82, 2.24) is 39.6 Å². The monoisotopic (exact) mass is 445 g/mol. The SMILES string of the molecule is N[C@@H](Cc1nn2c(-c3ccccc3)nnc2s1)c1nn2c(-c3ccccc3)nnc2s1. The van der Waals surface area contributed by atoms with Crippen LogP contribution < -0.4 is 5.73 Å². The molecule has 6 rings (SSSR count). The molecular formula is C20H15N9S2. The fourth-order valence-electron chi connectivity index (χ4n) is 3.33. The van der Waals surface area contributed by atoms with Gasteiger partial charge in [0.25, 0.3) is 0 Å². The van der Waals surface area contributed by atoms with Gasteiger partial charge in [-0.05, 0) is 0 Å². The number of nitrogens with two attached hydrogens (primary N) is 1. The van der Waals surface area contributed by atoms with Crippen LogP contribution >= 0.6 is 22.7 Å². The number of hydrogen-bond acceptors (Lipinski definition) is 9. The first-order valence-electron chi connectivity index (χ1n) is 9.56. The Morgan fingerprint density at radius 1 is 0.710 bits per heavy atom. The highest BCUT2D eigenvalue weighted by Crippen LogP contribution is 2.27. The summed E-state index contributed by atoms with van der Waals surface area (Å²) in [5.74, 6) is 1.43. The Kier molecular flexibility index (Phi) is 4.30. The Balaban J connectivity index is 1.29. The molecule has 9 nitrogen and oxygen atoms in total. The molecule has 6 aromatic rings. The molecule has 31 heavy (non-hydrogen) atoms. The molecule has 11 heteroatoms. The van der Waals surface area contributed by atoms with Crippen LogP contribution in [0.15, 0.2) is 60.7 Å². The summed E-state index contributed by atoms with van der Waals surface area (Å²) in [5, 5.41) is 28.1. The highest BCUT2D eigenvalue weighted by molar-refractivity contribution is 7.17. The molecule has 0 aliphatic heterocycles. The van der Waals surface area contributed by atoms with Crippen LogP contribution in [0.25, 0.3) is 32.7 Å². The van der Waals surface area contributed by atoms with Gasteiger partial charge in [0, 0.05) is 17.5 Å². The van der Waals surface area contributed by atoms with E-state index in [1.54, 1.807) is 9.03 Å².